The molecule has 2 aromatic rings. The lowest BCUT2D eigenvalue weighted by molar-refractivity contribution is -0.154. The van der Waals surface area contributed by atoms with E-state index >= 15 is 0 Å². The van der Waals surface area contributed by atoms with E-state index in [0.717, 1.165) is 112 Å². The molecule has 0 amide bonds. The van der Waals surface area contributed by atoms with Crippen LogP contribution >= 0.6 is 0 Å². The van der Waals surface area contributed by atoms with E-state index in [2.05, 4.69) is 39.8 Å². The maximum atomic E-state index is 6.86. The van der Waals surface area contributed by atoms with Crippen LogP contribution in [0.4, 0.5) is 0 Å². The van der Waals surface area contributed by atoms with Crippen molar-refractivity contribution in [3.63, 3.8) is 0 Å². The molecule has 9 heteroatoms. The highest BCUT2D eigenvalue weighted by molar-refractivity contribution is 5.46. The summed E-state index contributed by atoms with van der Waals surface area (Å²) in [6, 6.07) is 12.4. The number of ether oxygens (including phenoxy) is 9. The molecular formula is C40H58O9. The van der Waals surface area contributed by atoms with Crippen molar-refractivity contribution < 1.29 is 42.6 Å². The molecule has 9 nitrogen and oxygen atoms in total. The van der Waals surface area contributed by atoms with E-state index in [4.69, 9.17) is 42.6 Å². The summed E-state index contributed by atoms with van der Waals surface area (Å²) in [6.07, 6.45) is 4.13. The van der Waals surface area contributed by atoms with Gasteiger partial charge in [-0.3, -0.25) is 0 Å². The number of benzene rings is 2. The van der Waals surface area contributed by atoms with Gasteiger partial charge in [-0.15, -0.1) is 0 Å². The van der Waals surface area contributed by atoms with E-state index in [1.165, 1.54) is 0 Å². The highest BCUT2D eigenvalue weighted by Gasteiger charge is 2.39. The molecule has 0 saturated carbocycles. The van der Waals surface area contributed by atoms with Gasteiger partial charge in [0.05, 0.1) is 106 Å². The van der Waals surface area contributed by atoms with Crippen LogP contribution in [0.1, 0.15) is 75.6 Å². The van der Waals surface area contributed by atoms with Crippen molar-refractivity contribution in [2.24, 2.45) is 21.7 Å². The average Bonchev–Trinajstić information content (AvgIpc) is 3.04. The molecule has 6 rings (SSSR count). The second kappa shape index (κ2) is 16.5. The molecule has 4 aliphatic rings. The van der Waals surface area contributed by atoms with Crippen LogP contribution in [0.5, 0.6) is 11.5 Å². The summed E-state index contributed by atoms with van der Waals surface area (Å²) in [5.74, 6) is 1.53. The minimum Gasteiger partial charge on any atom is -0.457 e. The van der Waals surface area contributed by atoms with E-state index < -0.39 is 0 Å². The molecule has 0 aromatic heterocycles. The Morgan fingerprint density at radius 2 is 0.755 bits per heavy atom. The zero-order chi connectivity index (χ0) is 34.2. The molecule has 0 radical (unpaired) electrons. The molecule has 0 unspecified atom stereocenters. The summed E-state index contributed by atoms with van der Waals surface area (Å²) in [4.78, 5) is 0. The molecule has 0 N–H and O–H groups in total. The van der Waals surface area contributed by atoms with Gasteiger partial charge in [0.25, 0.3) is 0 Å². The fourth-order valence-electron chi connectivity index (χ4n) is 6.75. The van der Waals surface area contributed by atoms with Gasteiger partial charge in [-0.1, -0.05) is 52.0 Å². The topological polar surface area (TPSA) is 83.1 Å². The van der Waals surface area contributed by atoms with E-state index in [9.17, 15) is 0 Å². The highest BCUT2D eigenvalue weighted by Crippen LogP contribution is 2.38. The van der Waals surface area contributed by atoms with Gasteiger partial charge < -0.3 is 42.6 Å². The molecule has 49 heavy (non-hydrogen) atoms. The van der Waals surface area contributed by atoms with E-state index in [1.54, 1.807) is 0 Å². The quantitative estimate of drug-likeness (QED) is 0.128. The van der Waals surface area contributed by atoms with E-state index in [-0.39, 0.29) is 21.7 Å². The molecule has 4 fully saturated rings. The lowest BCUT2D eigenvalue weighted by Crippen LogP contribution is -2.45. The van der Waals surface area contributed by atoms with Crippen LogP contribution in [0.3, 0.4) is 0 Å². The third kappa shape index (κ3) is 8.53. The van der Waals surface area contributed by atoms with Gasteiger partial charge >= 0.3 is 0 Å². The summed E-state index contributed by atoms with van der Waals surface area (Å²) in [5.41, 5.74) is 4.56. The van der Waals surface area contributed by atoms with Crippen molar-refractivity contribution in [1.82, 2.24) is 0 Å². The third-order valence-electron chi connectivity index (χ3n) is 11.6. The van der Waals surface area contributed by atoms with Crippen molar-refractivity contribution >= 4 is 0 Å². The predicted octanol–water partition coefficient (Wildman–Crippen LogP) is 7.25. The largest absolute Gasteiger partial charge is 0.457 e. The van der Waals surface area contributed by atoms with Crippen molar-refractivity contribution in [2.45, 2.75) is 79.8 Å². The zero-order valence-electron chi connectivity index (χ0n) is 30.3. The number of hydrogen-bond donors (Lipinski definition) is 0. The first-order valence-corrected chi connectivity index (χ1v) is 18.4. The van der Waals surface area contributed by atoms with Crippen molar-refractivity contribution in [1.29, 1.82) is 0 Å². The van der Waals surface area contributed by atoms with Crippen LogP contribution in [0.25, 0.3) is 0 Å². The molecule has 2 aromatic carbocycles. The van der Waals surface area contributed by atoms with Crippen LogP contribution in [-0.2, 0) is 64.3 Å². The SMILES string of the molecule is CCC1(COCc2cccc(Oc3cccc(COCC4(CC)COC4)c3COCC3(CC)COC3)c2COCC2(CC)COC2)COC1. The van der Waals surface area contributed by atoms with Gasteiger partial charge in [-0.25, -0.2) is 0 Å². The molecule has 0 aliphatic carbocycles. The molecule has 4 heterocycles. The first-order chi connectivity index (χ1) is 23.9. The van der Waals surface area contributed by atoms with Crippen LogP contribution in [0.2, 0.25) is 0 Å². The maximum absolute atomic E-state index is 6.86. The van der Waals surface area contributed by atoms with Crippen LogP contribution in [0.15, 0.2) is 36.4 Å². The van der Waals surface area contributed by atoms with Crippen LogP contribution < -0.4 is 4.74 Å². The smallest absolute Gasteiger partial charge is 0.133 e. The average molecular weight is 683 g/mol. The number of rotatable bonds is 22. The molecule has 0 bridgehead atoms. The van der Waals surface area contributed by atoms with Crippen molar-refractivity contribution in [3.8, 4) is 11.5 Å². The fourth-order valence-corrected chi connectivity index (χ4v) is 6.75. The van der Waals surface area contributed by atoms with Crippen molar-refractivity contribution in [2.75, 3.05) is 79.3 Å². The van der Waals surface area contributed by atoms with E-state index in [1.807, 2.05) is 24.3 Å². The minimum absolute atomic E-state index is 0.0896. The molecule has 0 atom stereocenters. The van der Waals surface area contributed by atoms with Crippen LogP contribution in [-0.4, -0.2) is 79.3 Å². The first kappa shape index (κ1) is 36.7. The zero-order valence-corrected chi connectivity index (χ0v) is 30.3. The monoisotopic (exact) mass is 682 g/mol. The Morgan fingerprint density at radius 1 is 0.449 bits per heavy atom. The van der Waals surface area contributed by atoms with Gasteiger partial charge in [0.1, 0.15) is 11.5 Å². The Balaban J connectivity index is 1.22. The maximum Gasteiger partial charge on any atom is 0.133 e. The summed E-state index contributed by atoms with van der Waals surface area (Å²) in [5, 5.41) is 0. The lowest BCUT2D eigenvalue weighted by Gasteiger charge is -2.40. The van der Waals surface area contributed by atoms with Crippen molar-refractivity contribution in [3.05, 3.63) is 58.7 Å². The summed E-state index contributed by atoms with van der Waals surface area (Å²) < 4.78 is 54.6. The highest BCUT2D eigenvalue weighted by atomic mass is 16.5. The Kier molecular flexibility index (Phi) is 12.4. The normalized spacial score (nSPS) is 21.2. The molecule has 4 aliphatic heterocycles. The summed E-state index contributed by atoms with van der Waals surface area (Å²) in [6.45, 7) is 19.3. The van der Waals surface area contributed by atoms with Gasteiger partial charge in [-0.05, 0) is 48.9 Å². The second-order valence-electron chi connectivity index (χ2n) is 15.2. The third-order valence-corrected chi connectivity index (χ3v) is 11.6. The van der Waals surface area contributed by atoms with Crippen LogP contribution in [0, 0.1) is 21.7 Å². The molecule has 4 saturated heterocycles. The molecule has 272 valence electrons. The second-order valence-corrected chi connectivity index (χ2v) is 15.2. The standard InChI is InChI=1S/C40H58O9/c1-5-37(23-45-24-37)19-41-15-31-11-9-13-35(33(31)17-43-21-39(7-3)27-47-28-39)49-36-14-10-12-32(16-42-20-38(6-2)25-46-26-38)34(36)18-44-22-40(8-4)29-48-30-40/h9-14H,5-8,15-30H2,1-4H3. The Hall–Kier alpha value is -2.08. The number of hydrogen-bond acceptors (Lipinski definition) is 9. The van der Waals surface area contributed by atoms with Gasteiger partial charge in [0.15, 0.2) is 0 Å². The Labute approximate surface area is 293 Å². The Morgan fingerprint density at radius 3 is 1.02 bits per heavy atom. The fraction of sp³-hybridized carbons (Fsp3) is 0.700. The molecule has 0 spiro atoms. The lowest BCUT2D eigenvalue weighted by atomic mass is 9.84. The predicted molar refractivity (Wildman–Crippen MR) is 186 cm³/mol. The summed E-state index contributed by atoms with van der Waals surface area (Å²) in [7, 11) is 0. The van der Waals surface area contributed by atoms with Gasteiger partial charge in [-0.2, -0.15) is 0 Å². The van der Waals surface area contributed by atoms with Gasteiger partial charge in [0, 0.05) is 32.8 Å². The minimum atomic E-state index is 0.0896. The Bertz CT molecular complexity index is 1220. The first-order valence-electron chi connectivity index (χ1n) is 18.4. The summed E-state index contributed by atoms with van der Waals surface area (Å²) >= 11 is 0. The van der Waals surface area contributed by atoms with E-state index in [0.29, 0.717) is 52.9 Å². The molecular weight excluding hydrogens is 624 g/mol. The van der Waals surface area contributed by atoms with Gasteiger partial charge in [0.2, 0.25) is 0 Å².